The maximum atomic E-state index is 10.9. The Kier molecular flexibility index (Phi) is 2.06. The summed E-state index contributed by atoms with van der Waals surface area (Å²) < 4.78 is 0. The topological polar surface area (TPSA) is 29.4 Å². The number of carbonyl (C=O) groups excluding carboxylic acids is 1. The van der Waals surface area contributed by atoms with Gasteiger partial charge in [-0.05, 0) is 12.1 Å². The fourth-order valence-electron chi connectivity index (χ4n) is 0.992. The van der Waals surface area contributed by atoms with Gasteiger partial charge in [-0.15, -0.1) is 12.4 Å². The highest BCUT2D eigenvalue weighted by molar-refractivity contribution is 6.39. The first-order chi connectivity index (χ1) is 4.88. The summed E-state index contributed by atoms with van der Waals surface area (Å²) in [6.07, 6.45) is 1.35. The SMILES string of the molecule is Cl.O=C1C=Nc2ccccc21. The van der Waals surface area contributed by atoms with Crippen molar-refractivity contribution < 1.29 is 4.79 Å². The molecule has 0 fully saturated rings. The number of aliphatic imine (C=N–C) groups is 1. The third-order valence-corrected chi connectivity index (χ3v) is 1.49. The number of Topliss-reactive ketones (excluding diaryl/α,β-unsaturated/α-hetero) is 1. The van der Waals surface area contributed by atoms with Crippen LogP contribution in [0.25, 0.3) is 0 Å². The average Bonchev–Trinajstić information content (AvgIpc) is 2.34. The molecule has 2 nitrogen and oxygen atoms in total. The van der Waals surface area contributed by atoms with Crippen molar-refractivity contribution in [3.8, 4) is 0 Å². The summed E-state index contributed by atoms with van der Waals surface area (Å²) in [5.74, 6) is 0.00981. The van der Waals surface area contributed by atoms with E-state index in [4.69, 9.17) is 0 Å². The highest BCUT2D eigenvalue weighted by atomic mass is 35.5. The number of nitrogens with zero attached hydrogens (tertiary/aromatic N) is 1. The van der Waals surface area contributed by atoms with Crippen LogP contribution in [0.1, 0.15) is 10.4 Å². The first kappa shape index (κ1) is 7.95. The lowest BCUT2D eigenvalue weighted by molar-refractivity contribution is 0.107. The Morgan fingerprint density at radius 1 is 1.18 bits per heavy atom. The second-order valence-corrected chi connectivity index (χ2v) is 2.14. The summed E-state index contributed by atoms with van der Waals surface area (Å²) >= 11 is 0. The van der Waals surface area contributed by atoms with Crippen LogP contribution in [0.2, 0.25) is 0 Å². The third-order valence-electron chi connectivity index (χ3n) is 1.49. The van der Waals surface area contributed by atoms with Crippen LogP contribution in [0, 0.1) is 0 Å². The number of rotatable bonds is 0. The van der Waals surface area contributed by atoms with E-state index in [0.29, 0.717) is 5.56 Å². The standard InChI is InChI=1S/C8H5NO.ClH/c10-8-5-9-7-4-2-1-3-6(7)8;/h1-5H;1H. The highest BCUT2D eigenvalue weighted by Crippen LogP contribution is 2.22. The molecule has 56 valence electrons. The molecule has 0 saturated heterocycles. The predicted molar refractivity (Wildman–Crippen MR) is 46.2 cm³/mol. The Morgan fingerprint density at radius 2 is 1.91 bits per heavy atom. The molecule has 0 spiro atoms. The number of ketones is 1. The zero-order chi connectivity index (χ0) is 6.97. The summed E-state index contributed by atoms with van der Waals surface area (Å²) in [5.41, 5.74) is 1.50. The molecule has 11 heavy (non-hydrogen) atoms. The van der Waals surface area contributed by atoms with E-state index in [0.717, 1.165) is 5.69 Å². The maximum absolute atomic E-state index is 10.9. The third kappa shape index (κ3) is 1.17. The Bertz CT molecular complexity index is 320. The van der Waals surface area contributed by atoms with Crippen LogP contribution in [-0.4, -0.2) is 12.0 Å². The van der Waals surface area contributed by atoms with Gasteiger partial charge in [0.2, 0.25) is 5.78 Å². The molecule has 1 aliphatic heterocycles. The molecular weight excluding hydrogens is 162 g/mol. The van der Waals surface area contributed by atoms with Gasteiger partial charge in [-0.2, -0.15) is 0 Å². The minimum Gasteiger partial charge on any atom is -0.287 e. The second kappa shape index (κ2) is 2.84. The molecule has 0 atom stereocenters. The van der Waals surface area contributed by atoms with E-state index in [9.17, 15) is 4.79 Å². The molecule has 1 aliphatic rings. The van der Waals surface area contributed by atoms with Crippen LogP contribution < -0.4 is 0 Å². The van der Waals surface area contributed by atoms with E-state index in [1.807, 2.05) is 18.2 Å². The summed E-state index contributed by atoms with van der Waals surface area (Å²) in [5, 5.41) is 0. The average molecular weight is 168 g/mol. The number of carbonyl (C=O) groups is 1. The summed E-state index contributed by atoms with van der Waals surface area (Å²) in [4.78, 5) is 14.8. The molecule has 0 unspecified atom stereocenters. The number of hydrogen-bond acceptors (Lipinski definition) is 2. The van der Waals surface area contributed by atoms with Crippen molar-refractivity contribution >= 4 is 30.1 Å². The van der Waals surface area contributed by atoms with Crippen molar-refractivity contribution in [3.63, 3.8) is 0 Å². The molecule has 1 aromatic carbocycles. The normalized spacial score (nSPS) is 12.5. The highest BCUT2D eigenvalue weighted by Gasteiger charge is 2.12. The molecule has 0 amide bonds. The molecule has 0 N–H and O–H groups in total. The number of halogens is 1. The van der Waals surface area contributed by atoms with E-state index in [1.165, 1.54) is 6.21 Å². The lowest BCUT2D eigenvalue weighted by atomic mass is 10.1. The van der Waals surface area contributed by atoms with Crippen LogP contribution in [-0.2, 0) is 0 Å². The Labute approximate surface area is 70.4 Å². The summed E-state index contributed by atoms with van der Waals surface area (Å²) in [7, 11) is 0. The van der Waals surface area contributed by atoms with Gasteiger partial charge in [0, 0.05) is 5.56 Å². The Balaban J connectivity index is 0.000000605. The van der Waals surface area contributed by atoms with Crippen LogP contribution in [0.4, 0.5) is 5.69 Å². The molecule has 0 bridgehead atoms. The first-order valence-corrected chi connectivity index (χ1v) is 3.05. The zero-order valence-corrected chi connectivity index (χ0v) is 6.47. The van der Waals surface area contributed by atoms with Crippen molar-refractivity contribution in [1.29, 1.82) is 0 Å². The molecule has 0 aromatic heterocycles. The van der Waals surface area contributed by atoms with Crippen LogP contribution in [0.15, 0.2) is 29.3 Å². The molecule has 2 rings (SSSR count). The number of fused-ring (bicyclic) bond motifs is 1. The minimum absolute atomic E-state index is 0. The molecule has 3 heteroatoms. The summed E-state index contributed by atoms with van der Waals surface area (Å²) in [6, 6.07) is 7.32. The van der Waals surface area contributed by atoms with Gasteiger partial charge in [-0.1, -0.05) is 12.1 Å². The quantitative estimate of drug-likeness (QED) is 0.581. The van der Waals surface area contributed by atoms with Crippen molar-refractivity contribution in [1.82, 2.24) is 0 Å². The van der Waals surface area contributed by atoms with Crippen LogP contribution >= 0.6 is 12.4 Å². The van der Waals surface area contributed by atoms with E-state index < -0.39 is 0 Å². The van der Waals surface area contributed by atoms with Crippen LogP contribution in [0.5, 0.6) is 0 Å². The molecule has 0 aliphatic carbocycles. The molecule has 0 saturated carbocycles. The largest absolute Gasteiger partial charge is 0.287 e. The van der Waals surface area contributed by atoms with E-state index in [-0.39, 0.29) is 18.2 Å². The van der Waals surface area contributed by atoms with E-state index in [1.54, 1.807) is 6.07 Å². The molecule has 1 aromatic rings. The number of hydrogen-bond donors (Lipinski definition) is 0. The van der Waals surface area contributed by atoms with Crippen molar-refractivity contribution in [2.24, 2.45) is 4.99 Å². The van der Waals surface area contributed by atoms with Gasteiger partial charge in [-0.25, -0.2) is 0 Å². The van der Waals surface area contributed by atoms with Gasteiger partial charge in [-0.3, -0.25) is 9.79 Å². The van der Waals surface area contributed by atoms with Crippen molar-refractivity contribution in [2.45, 2.75) is 0 Å². The predicted octanol–water partition coefficient (Wildman–Crippen LogP) is 2.01. The van der Waals surface area contributed by atoms with E-state index in [2.05, 4.69) is 4.99 Å². The van der Waals surface area contributed by atoms with Gasteiger partial charge in [0.05, 0.1) is 11.9 Å². The minimum atomic E-state index is 0. The molecular formula is C8H6ClNO. The van der Waals surface area contributed by atoms with Crippen LogP contribution in [0.3, 0.4) is 0 Å². The fraction of sp³-hybridized carbons (Fsp3) is 0. The Morgan fingerprint density at radius 3 is 2.64 bits per heavy atom. The zero-order valence-electron chi connectivity index (χ0n) is 5.65. The summed E-state index contributed by atoms with van der Waals surface area (Å²) in [6.45, 7) is 0. The molecule has 1 heterocycles. The van der Waals surface area contributed by atoms with Gasteiger partial charge in [0.1, 0.15) is 0 Å². The maximum Gasteiger partial charge on any atom is 0.206 e. The molecule has 0 radical (unpaired) electrons. The van der Waals surface area contributed by atoms with Gasteiger partial charge in [0.15, 0.2) is 0 Å². The van der Waals surface area contributed by atoms with Gasteiger partial charge >= 0.3 is 0 Å². The number of para-hydroxylation sites is 1. The number of benzene rings is 1. The van der Waals surface area contributed by atoms with Crippen molar-refractivity contribution in [2.75, 3.05) is 0 Å². The Hall–Kier alpha value is -1.15. The first-order valence-electron chi connectivity index (χ1n) is 3.05. The lowest BCUT2D eigenvalue weighted by Crippen LogP contribution is -1.92. The monoisotopic (exact) mass is 167 g/mol. The second-order valence-electron chi connectivity index (χ2n) is 2.14. The van der Waals surface area contributed by atoms with E-state index >= 15 is 0 Å². The fourth-order valence-corrected chi connectivity index (χ4v) is 0.992. The van der Waals surface area contributed by atoms with Gasteiger partial charge < -0.3 is 0 Å². The lowest BCUT2D eigenvalue weighted by Gasteiger charge is -1.90. The van der Waals surface area contributed by atoms with Gasteiger partial charge in [0.25, 0.3) is 0 Å². The smallest absolute Gasteiger partial charge is 0.206 e. The van der Waals surface area contributed by atoms with Crippen molar-refractivity contribution in [3.05, 3.63) is 29.8 Å².